The van der Waals surface area contributed by atoms with Crippen LogP contribution in [0.15, 0.2) is 36.7 Å². The zero-order valence-electron chi connectivity index (χ0n) is 15.2. The van der Waals surface area contributed by atoms with Crippen molar-refractivity contribution in [3.05, 3.63) is 64.7 Å². The number of benzene rings is 1. The molecule has 2 heterocycles. The fourth-order valence-electron chi connectivity index (χ4n) is 3.13. The van der Waals surface area contributed by atoms with E-state index in [2.05, 4.69) is 10.3 Å². The summed E-state index contributed by atoms with van der Waals surface area (Å²) in [7, 11) is 0. The van der Waals surface area contributed by atoms with E-state index >= 15 is 0 Å². The Hall–Kier alpha value is -2.96. The number of amides is 2. The molecule has 0 fully saturated rings. The lowest BCUT2D eigenvalue weighted by Crippen LogP contribution is -2.37. The standard InChI is InChI=1S/C20H22FN3O3/c1-2-27-20(26)24-10-8-17-15(13-24)11-22-12-18(17)19(25)23-9-7-14-3-5-16(21)6-4-14/h3-6,11-12H,2,7-10,13H2,1H3,(H,23,25). The Bertz CT molecular complexity index is 824. The SMILES string of the molecule is CCOC(=O)N1CCc2c(cncc2C(=O)NCCc2ccc(F)cc2)C1. The van der Waals surface area contributed by atoms with E-state index in [1.165, 1.54) is 12.1 Å². The monoisotopic (exact) mass is 371 g/mol. The van der Waals surface area contributed by atoms with E-state index in [0.29, 0.717) is 44.6 Å². The highest BCUT2D eigenvalue weighted by Gasteiger charge is 2.25. The summed E-state index contributed by atoms with van der Waals surface area (Å²) in [5.41, 5.74) is 3.27. The molecule has 27 heavy (non-hydrogen) atoms. The topological polar surface area (TPSA) is 71.5 Å². The summed E-state index contributed by atoms with van der Waals surface area (Å²) in [6, 6.07) is 6.22. The summed E-state index contributed by atoms with van der Waals surface area (Å²) in [5, 5.41) is 2.89. The van der Waals surface area contributed by atoms with Gasteiger partial charge in [0.15, 0.2) is 0 Å². The molecule has 2 amide bonds. The Balaban J connectivity index is 1.62. The van der Waals surface area contributed by atoms with Gasteiger partial charge >= 0.3 is 6.09 Å². The first-order chi connectivity index (χ1) is 13.1. The van der Waals surface area contributed by atoms with Gasteiger partial charge in [0.25, 0.3) is 5.91 Å². The minimum atomic E-state index is -0.350. The molecule has 142 valence electrons. The summed E-state index contributed by atoms with van der Waals surface area (Å²) >= 11 is 0. The van der Waals surface area contributed by atoms with Crippen molar-refractivity contribution < 1.29 is 18.7 Å². The van der Waals surface area contributed by atoms with Crippen molar-refractivity contribution in [1.82, 2.24) is 15.2 Å². The maximum absolute atomic E-state index is 12.9. The number of hydrogen-bond acceptors (Lipinski definition) is 4. The Morgan fingerprint density at radius 3 is 2.78 bits per heavy atom. The van der Waals surface area contributed by atoms with Gasteiger partial charge in [0, 0.05) is 25.5 Å². The number of halogens is 1. The lowest BCUT2D eigenvalue weighted by atomic mass is 9.97. The van der Waals surface area contributed by atoms with E-state index in [1.807, 2.05) is 0 Å². The number of hydrogen-bond donors (Lipinski definition) is 1. The predicted octanol–water partition coefficient (Wildman–Crippen LogP) is 2.71. The van der Waals surface area contributed by atoms with Gasteiger partial charge in [-0.3, -0.25) is 9.78 Å². The summed E-state index contributed by atoms with van der Waals surface area (Å²) in [6.45, 7) is 3.44. The molecular weight excluding hydrogens is 349 g/mol. The van der Waals surface area contributed by atoms with Crippen molar-refractivity contribution in [3.63, 3.8) is 0 Å². The van der Waals surface area contributed by atoms with Crippen molar-refractivity contribution in [3.8, 4) is 0 Å². The van der Waals surface area contributed by atoms with Gasteiger partial charge in [-0.05, 0) is 48.6 Å². The molecule has 2 aromatic rings. The number of aromatic nitrogens is 1. The largest absolute Gasteiger partial charge is 0.450 e. The molecule has 0 radical (unpaired) electrons. The molecule has 0 atom stereocenters. The summed E-state index contributed by atoms with van der Waals surface area (Å²) < 4.78 is 18.0. The third kappa shape index (κ3) is 4.61. The minimum absolute atomic E-state index is 0.189. The highest BCUT2D eigenvalue weighted by molar-refractivity contribution is 5.95. The third-order valence-electron chi connectivity index (χ3n) is 4.52. The Morgan fingerprint density at radius 2 is 2.04 bits per heavy atom. The van der Waals surface area contributed by atoms with Gasteiger partial charge in [-0.15, -0.1) is 0 Å². The summed E-state index contributed by atoms with van der Waals surface area (Å²) in [6.07, 6.45) is 4.10. The smallest absolute Gasteiger partial charge is 0.410 e. The number of carbonyl (C=O) groups excluding carboxylic acids is 2. The van der Waals surface area contributed by atoms with E-state index in [-0.39, 0.29) is 17.8 Å². The number of ether oxygens (including phenoxy) is 1. The van der Waals surface area contributed by atoms with Crippen molar-refractivity contribution in [1.29, 1.82) is 0 Å². The maximum atomic E-state index is 12.9. The molecule has 0 saturated carbocycles. The van der Waals surface area contributed by atoms with Crippen molar-refractivity contribution >= 4 is 12.0 Å². The molecule has 0 unspecified atom stereocenters. The maximum Gasteiger partial charge on any atom is 0.410 e. The molecule has 1 N–H and O–H groups in total. The van der Waals surface area contributed by atoms with Crippen LogP contribution in [-0.4, -0.2) is 41.6 Å². The summed E-state index contributed by atoms with van der Waals surface area (Å²) in [4.78, 5) is 30.2. The zero-order valence-corrected chi connectivity index (χ0v) is 15.2. The lowest BCUT2D eigenvalue weighted by molar-refractivity contribution is 0.0950. The molecule has 7 heteroatoms. The van der Waals surface area contributed by atoms with Crippen LogP contribution in [0.5, 0.6) is 0 Å². The average molecular weight is 371 g/mol. The molecule has 0 saturated heterocycles. The van der Waals surface area contributed by atoms with Crippen molar-refractivity contribution in [2.45, 2.75) is 26.3 Å². The molecule has 1 aromatic heterocycles. The van der Waals surface area contributed by atoms with Crippen LogP contribution >= 0.6 is 0 Å². The molecule has 0 spiro atoms. The van der Waals surface area contributed by atoms with E-state index in [9.17, 15) is 14.0 Å². The fraction of sp³-hybridized carbons (Fsp3) is 0.350. The quantitative estimate of drug-likeness (QED) is 0.877. The van der Waals surface area contributed by atoms with Gasteiger partial charge in [0.05, 0.1) is 18.7 Å². The second-order valence-corrected chi connectivity index (χ2v) is 6.33. The average Bonchev–Trinajstić information content (AvgIpc) is 2.68. The van der Waals surface area contributed by atoms with Gasteiger partial charge in [0.2, 0.25) is 0 Å². The first-order valence-corrected chi connectivity index (χ1v) is 8.98. The molecule has 0 bridgehead atoms. The lowest BCUT2D eigenvalue weighted by Gasteiger charge is -2.28. The second-order valence-electron chi connectivity index (χ2n) is 6.33. The van der Waals surface area contributed by atoms with Gasteiger partial charge in [0.1, 0.15) is 5.82 Å². The number of nitrogens with zero attached hydrogens (tertiary/aromatic N) is 2. The predicted molar refractivity (Wildman–Crippen MR) is 97.8 cm³/mol. The van der Waals surface area contributed by atoms with Crippen LogP contribution in [0.3, 0.4) is 0 Å². The first-order valence-electron chi connectivity index (χ1n) is 8.98. The molecule has 3 rings (SSSR count). The van der Waals surface area contributed by atoms with Crippen LogP contribution in [-0.2, 0) is 24.1 Å². The van der Waals surface area contributed by atoms with Crippen molar-refractivity contribution in [2.75, 3.05) is 19.7 Å². The first kappa shape index (κ1) is 18.8. The fourth-order valence-corrected chi connectivity index (χ4v) is 3.13. The van der Waals surface area contributed by atoms with Gasteiger partial charge in [-0.2, -0.15) is 0 Å². The number of pyridine rings is 1. The molecular formula is C20H22FN3O3. The highest BCUT2D eigenvalue weighted by atomic mass is 19.1. The molecule has 1 aliphatic rings. The van der Waals surface area contributed by atoms with Gasteiger partial charge in [-0.1, -0.05) is 12.1 Å². The Kier molecular flexibility index (Phi) is 6.01. The number of fused-ring (bicyclic) bond motifs is 1. The van der Waals surface area contributed by atoms with Gasteiger partial charge < -0.3 is 15.0 Å². The minimum Gasteiger partial charge on any atom is -0.450 e. The van der Waals surface area contributed by atoms with Crippen LogP contribution in [0.2, 0.25) is 0 Å². The number of carbonyl (C=O) groups is 2. The molecule has 1 aliphatic heterocycles. The highest BCUT2D eigenvalue weighted by Crippen LogP contribution is 2.22. The Labute approximate surface area is 157 Å². The van der Waals surface area contributed by atoms with Crippen LogP contribution in [0.4, 0.5) is 9.18 Å². The van der Waals surface area contributed by atoms with E-state index in [1.54, 1.807) is 36.4 Å². The van der Waals surface area contributed by atoms with E-state index in [0.717, 1.165) is 16.7 Å². The van der Waals surface area contributed by atoms with Crippen LogP contribution < -0.4 is 5.32 Å². The van der Waals surface area contributed by atoms with Crippen LogP contribution in [0, 0.1) is 5.82 Å². The molecule has 6 nitrogen and oxygen atoms in total. The normalized spacial score (nSPS) is 13.0. The third-order valence-corrected chi connectivity index (χ3v) is 4.52. The Morgan fingerprint density at radius 1 is 1.26 bits per heavy atom. The van der Waals surface area contributed by atoms with Crippen LogP contribution in [0.25, 0.3) is 0 Å². The van der Waals surface area contributed by atoms with Crippen molar-refractivity contribution in [2.24, 2.45) is 0 Å². The number of rotatable bonds is 5. The number of nitrogens with one attached hydrogen (secondary N) is 1. The van der Waals surface area contributed by atoms with Crippen LogP contribution in [0.1, 0.15) is 34.0 Å². The second kappa shape index (κ2) is 8.62. The van der Waals surface area contributed by atoms with Gasteiger partial charge in [-0.25, -0.2) is 9.18 Å². The molecule has 0 aliphatic carbocycles. The zero-order chi connectivity index (χ0) is 19.2. The van der Waals surface area contributed by atoms with E-state index in [4.69, 9.17) is 4.74 Å². The summed E-state index contributed by atoms with van der Waals surface area (Å²) in [5.74, 6) is -0.465. The molecule has 1 aromatic carbocycles. The van der Waals surface area contributed by atoms with E-state index < -0.39 is 0 Å².